The van der Waals surface area contributed by atoms with Crippen LogP contribution in [0.15, 0.2) is 41.6 Å². The fraction of sp³-hybridized carbons (Fsp3) is 0.214. The predicted octanol–water partition coefficient (Wildman–Crippen LogP) is 1.44. The highest BCUT2D eigenvalue weighted by atomic mass is 16.4. The number of carbonyl (C=O) groups is 1. The number of nitrogens with zero attached hydrogens (tertiary/aromatic N) is 3. The molecule has 1 heterocycles. The summed E-state index contributed by atoms with van der Waals surface area (Å²) < 4.78 is 0. The Morgan fingerprint density at radius 1 is 1.35 bits per heavy atom. The van der Waals surface area contributed by atoms with Crippen molar-refractivity contribution < 1.29 is 10.0 Å². The van der Waals surface area contributed by atoms with Gasteiger partial charge in [-0.25, -0.2) is 4.98 Å². The van der Waals surface area contributed by atoms with Crippen LogP contribution < -0.4 is 5.73 Å². The number of hydrogen-bond donors (Lipinski definition) is 2. The molecule has 0 aliphatic rings. The van der Waals surface area contributed by atoms with Crippen LogP contribution in [0.5, 0.6) is 0 Å². The first-order chi connectivity index (χ1) is 9.65. The fourth-order valence-corrected chi connectivity index (χ4v) is 1.90. The van der Waals surface area contributed by atoms with Crippen molar-refractivity contribution in [3.05, 3.63) is 42.1 Å². The topological polar surface area (TPSA) is 91.8 Å². The van der Waals surface area contributed by atoms with Crippen molar-refractivity contribution in [1.29, 1.82) is 0 Å². The normalized spacial score (nSPS) is 11.6. The molecule has 0 unspecified atom stereocenters. The van der Waals surface area contributed by atoms with Crippen LogP contribution in [0.25, 0.3) is 10.9 Å². The number of likely N-dealkylation sites (N-methyl/N-ethyl adjacent to an activating group) is 1. The van der Waals surface area contributed by atoms with E-state index in [2.05, 4.69) is 10.1 Å². The molecule has 1 aromatic carbocycles. The Bertz CT molecular complexity index is 654. The zero-order valence-corrected chi connectivity index (χ0v) is 11.2. The maximum Gasteiger partial charge on any atom is 0.272 e. The smallest absolute Gasteiger partial charge is 0.272 e. The summed E-state index contributed by atoms with van der Waals surface area (Å²) in [6.45, 7) is 2.34. The molecular weight excluding hydrogens is 256 g/mol. The van der Waals surface area contributed by atoms with Gasteiger partial charge in [0, 0.05) is 11.9 Å². The molecule has 2 rings (SSSR count). The van der Waals surface area contributed by atoms with E-state index in [1.807, 2.05) is 37.3 Å². The molecule has 104 valence electrons. The second-order valence-electron chi connectivity index (χ2n) is 4.30. The first-order valence-corrected chi connectivity index (χ1v) is 6.27. The van der Waals surface area contributed by atoms with Crippen LogP contribution in [0, 0.1) is 0 Å². The van der Waals surface area contributed by atoms with Gasteiger partial charge in [-0.2, -0.15) is 0 Å². The first-order valence-electron chi connectivity index (χ1n) is 6.27. The van der Waals surface area contributed by atoms with Gasteiger partial charge in [0.15, 0.2) is 5.84 Å². The molecule has 2 aromatic rings. The maximum atomic E-state index is 12.3. The molecule has 0 saturated heterocycles. The van der Waals surface area contributed by atoms with Crippen molar-refractivity contribution in [3.8, 4) is 0 Å². The average Bonchev–Trinajstić information content (AvgIpc) is 2.51. The Labute approximate surface area is 116 Å². The van der Waals surface area contributed by atoms with Crippen molar-refractivity contribution in [3.63, 3.8) is 0 Å². The number of nitrogens with two attached hydrogens (primary N) is 1. The minimum Gasteiger partial charge on any atom is -0.409 e. The van der Waals surface area contributed by atoms with E-state index in [-0.39, 0.29) is 18.3 Å². The van der Waals surface area contributed by atoms with Crippen LogP contribution in [0.1, 0.15) is 17.4 Å². The molecule has 0 fully saturated rings. The van der Waals surface area contributed by atoms with Crippen LogP contribution in [-0.2, 0) is 0 Å². The first kappa shape index (κ1) is 13.8. The van der Waals surface area contributed by atoms with E-state index >= 15 is 0 Å². The van der Waals surface area contributed by atoms with Gasteiger partial charge in [-0.05, 0) is 19.1 Å². The highest BCUT2D eigenvalue weighted by molar-refractivity contribution is 5.97. The molecule has 0 saturated carbocycles. The lowest BCUT2D eigenvalue weighted by Crippen LogP contribution is -2.38. The lowest BCUT2D eigenvalue weighted by molar-refractivity contribution is 0.0781. The number of hydrogen-bond acceptors (Lipinski definition) is 4. The summed E-state index contributed by atoms with van der Waals surface area (Å²) in [4.78, 5) is 18.1. The molecule has 3 N–H and O–H groups in total. The number of amidine groups is 1. The fourth-order valence-electron chi connectivity index (χ4n) is 1.90. The van der Waals surface area contributed by atoms with Gasteiger partial charge >= 0.3 is 0 Å². The van der Waals surface area contributed by atoms with Crippen molar-refractivity contribution in [2.75, 3.05) is 13.1 Å². The average molecular weight is 272 g/mol. The van der Waals surface area contributed by atoms with E-state index in [0.29, 0.717) is 12.2 Å². The molecule has 6 nitrogen and oxygen atoms in total. The summed E-state index contributed by atoms with van der Waals surface area (Å²) in [6.07, 6.45) is 0. The second kappa shape index (κ2) is 6.01. The number of fused-ring (bicyclic) bond motifs is 1. The zero-order valence-electron chi connectivity index (χ0n) is 11.2. The molecular formula is C14H16N4O2. The van der Waals surface area contributed by atoms with Crippen molar-refractivity contribution >= 4 is 22.6 Å². The summed E-state index contributed by atoms with van der Waals surface area (Å²) in [7, 11) is 0. The Morgan fingerprint density at radius 3 is 2.80 bits per heavy atom. The standard InChI is InChI=1S/C14H16N4O2/c1-2-18(9-13(15)17-20)14(19)12-8-7-10-5-3-4-6-11(10)16-12/h3-8,20H,2,9H2,1H3,(H2,15,17). The van der Waals surface area contributed by atoms with Gasteiger partial charge in [-0.1, -0.05) is 29.4 Å². The highest BCUT2D eigenvalue weighted by Crippen LogP contribution is 2.13. The zero-order chi connectivity index (χ0) is 14.5. The monoisotopic (exact) mass is 272 g/mol. The SMILES string of the molecule is CCN(CC(N)=NO)C(=O)c1ccc2ccccc2n1. The maximum absolute atomic E-state index is 12.3. The number of benzene rings is 1. The van der Waals surface area contributed by atoms with E-state index in [4.69, 9.17) is 10.9 Å². The van der Waals surface area contributed by atoms with Crippen LogP contribution in [0.4, 0.5) is 0 Å². The van der Waals surface area contributed by atoms with E-state index in [1.54, 1.807) is 6.07 Å². The van der Waals surface area contributed by atoms with Crippen LogP contribution in [0.2, 0.25) is 0 Å². The third kappa shape index (κ3) is 2.85. The Hall–Kier alpha value is -2.63. The van der Waals surface area contributed by atoms with Crippen molar-refractivity contribution in [2.24, 2.45) is 10.9 Å². The second-order valence-corrected chi connectivity index (χ2v) is 4.30. The molecule has 0 radical (unpaired) electrons. The van der Waals surface area contributed by atoms with E-state index < -0.39 is 0 Å². The predicted molar refractivity (Wildman–Crippen MR) is 76.7 cm³/mol. The van der Waals surface area contributed by atoms with E-state index in [9.17, 15) is 4.79 Å². The summed E-state index contributed by atoms with van der Waals surface area (Å²) in [5.41, 5.74) is 6.55. The van der Waals surface area contributed by atoms with Crippen LogP contribution in [-0.4, -0.2) is 39.9 Å². The summed E-state index contributed by atoms with van der Waals surface area (Å²) in [5, 5.41) is 12.4. The van der Waals surface area contributed by atoms with Crippen molar-refractivity contribution in [2.45, 2.75) is 6.92 Å². The summed E-state index contributed by atoms with van der Waals surface area (Å²) in [6, 6.07) is 11.1. The van der Waals surface area contributed by atoms with Crippen LogP contribution >= 0.6 is 0 Å². The lowest BCUT2D eigenvalue weighted by atomic mass is 10.2. The summed E-state index contributed by atoms with van der Waals surface area (Å²) in [5.74, 6) is -0.258. The third-order valence-corrected chi connectivity index (χ3v) is 2.97. The molecule has 0 atom stereocenters. The molecule has 20 heavy (non-hydrogen) atoms. The Kier molecular flexibility index (Phi) is 4.14. The highest BCUT2D eigenvalue weighted by Gasteiger charge is 2.17. The summed E-state index contributed by atoms with van der Waals surface area (Å²) >= 11 is 0. The molecule has 0 aliphatic carbocycles. The van der Waals surface area contributed by atoms with E-state index in [1.165, 1.54) is 4.90 Å². The van der Waals surface area contributed by atoms with Gasteiger partial charge < -0.3 is 15.8 Å². The molecule has 0 bridgehead atoms. The number of aromatic nitrogens is 1. The van der Waals surface area contributed by atoms with Gasteiger partial charge in [-0.3, -0.25) is 4.79 Å². The Morgan fingerprint density at radius 2 is 2.10 bits per heavy atom. The number of oxime groups is 1. The molecule has 1 amide bonds. The van der Waals surface area contributed by atoms with Gasteiger partial charge in [-0.15, -0.1) is 0 Å². The largest absolute Gasteiger partial charge is 0.409 e. The van der Waals surface area contributed by atoms with Gasteiger partial charge in [0.2, 0.25) is 0 Å². The quantitative estimate of drug-likeness (QED) is 0.381. The molecule has 1 aromatic heterocycles. The number of pyridine rings is 1. The number of amides is 1. The minimum absolute atomic E-state index is 0.0130. The Balaban J connectivity index is 2.29. The molecule has 6 heteroatoms. The minimum atomic E-state index is -0.246. The lowest BCUT2D eigenvalue weighted by Gasteiger charge is -2.19. The number of carbonyl (C=O) groups excluding carboxylic acids is 1. The van der Waals surface area contributed by atoms with Gasteiger partial charge in [0.25, 0.3) is 5.91 Å². The number of rotatable bonds is 4. The van der Waals surface area contributed by atoms with Crippen molar-refractivity contribution in [1.82, 2.24) is 9.88 Å². The number of para-hydroxylation sites is 1. The van der Waals surface area contributed by atoms with E-state index in [0.717, 1.165) is 10.9 Å². The third-order valence-electron chi connectivity index (χ3n) is 2.97. The molecule has 0 spiro atoms. The van der Waals surface area contributed by atoms with Crippen LogP contribution in [0.3, 0.4) is 0 Å². The molecule has 0 aliphatic heterocycles. The van der Waals surface area contributed by atoms with Gasteiger partial charge in [0.05, 0.1) is 12.1 Å². The van der Waals surface area contributed by atoms with Gasteiger partial charge in [0.1, 0.15) is 5.69 Å².